The smallest absolute Gasteiger partial charge is 0.355 e. The van der Waals surface area contributed by atoms with E-state index in [1.807, 2.05) is 0 Å². The van der Waals surface area contributed by atoms with E-state index in [4.69, 9.17) is 0 Å². The zero-order chi connectivity index (χ0) is 18.4. The molecule has 1 heterocycles. The summed E-state index contributed by atoms with van der Waals surface area (Å²) in [6.07, 6.45) is -4.36. The van der Waals surface area contributed by atoms with Crippen molar-refractivity contribution in [3.63, 3.8) is 0 Å². The number of nitrogens with zero attached hydrogens (tertiary/aromatic N) is 2. The van der Waals surface area contributed by atoms with Gasteiger partial charge < -0.3 is 16.0 Å². The number of hydrogen-bond donors (Lipinski definition) is 3. The van der Waals surface area contributed by atoms with Crippen molar-refractivity contribution in [2.45, 2.75) is 12.7 Å². The molecule has 1 aromatic carbocycles. The average molecular weight is 357 g/mol. The molecule has 0 bridgehead atoms. The fraction of sp³-hybridized carbons (Fsp3) is 0.400. The Morgan fingerprint density at radius 1 is 1.24 bits per heavy atom. The minimum absolute atomic E-state index is 0.000269. The molecule has 25 heavy (non-hydrogen) atoms. The number of imide groups is 1. The van der Waals surface area contributed by atoms with Crippen molar-refractivity contribution < 1.29 is 22.8 Å². The SMILES string of the molecule is CN=C(NCCN1C(=O)CNC1=O)NCc1ccc(C(F)(F)F)cc1. The van der Waals surface area contributed by atoms with Gasteiger partial charge in [-0.15, -0.1) is 0 Å². The van der Waals surface area contributed by atoms with Crippen LogP contribution >= 0.6 is 0 Å². The van der Waals surface area contributed by atoms with Crippen LogP contribution in [0.25, 0.3) is 0 Å². The quantitative estimate of drug-likeness (QED) is 0.416. The fourth-order valence-electron chi connectivity index (χ4n) is 2.19. The molecule has 0 unspecified atom stereocenters. The average Bonchev–Trinajstić information content (AvgIpc) is 2.89. The molecule has 0 atom stereocenters. The lowest BCUT2D eigenvalue weighted by molar-refractivity contribution is -0.137. The summed E-state index contributed by atoms with van der Waals surface area (Å²) < 4.78 is 37.5. The van der Waals surface area contributed by atoms with Crippen LogP contribution in [0.5, 0.6) is 0 Å². The zero-order valence-corrected chi connectivity index (χ0v) is 13.5. The number of aliphatic imine (C=N–C) groups is 1. The molecule has 7 nitrogen and oxygen atoms in total. The number of guanidine groups is 1. The van der Waals surface area contributed by atoms with E-state index in [0.717, 1.165) is 17.0 Å². The third-order valence-electron chi connectivity index (χ3n) is 3.53. The van der Waals surface area contributed by atoms with Gasteiger partial charge in [0.15, 0.2) is 5.96 Å². The van der Waals surface area contributed by atoms with Crippen molar-refractivity contribution in [2.75, 3.05) is 26.7 Å². The second-order valence-electron chi connectivity index (χ2n) is 5.25. The number of alkyl halides is 3. The lowest BCUT2D eigenvalue weighted by atomic mass is 10.1. The van der Waals surface area contributed by atoms with Gasteiger partial charge in [-0.2, -0.15) is 13.2 Å². The maximum atomic E-state index is 12.5. The number of halogens is 3. The summed E-state index contributed by atoms with van der Waals surface area (Å²) in [7, 11) is 1.54. The van der Waals surface area contributed by atoms with Gasteiger partial charge in [0, 0.05) is 26.7 Å². The lowest BCUT2D eigenvalue weighted by Crippen LogP contribution is -2.43. The highest BCUT2D eigenvalue weighted by molar-refractivity contribution is 6.01. The first-order valence-electron chi connectivity index (χ1n) is 7.50. The first kappa shape index (κ1) is 18.6. The molecule has 0 spiro atoms. The monoisotopic (exact) mass is 357 g/mol. The summed E-state index contributed by atoms with van der Waals surface area (Å²) in [5, 5.41) is 8.29. The normalized spacial score (nSPS) is 15.4. The Labute approximate surface area is 142 Å². The predicted molar refractivity (Wildman–Crippen MR) is 84.8 cm³/mol. The molecule has 0 aromatic heterocycles. The molecule has 0 radical (unpaired) electrons. The van der Waals surface area contributed by atoms with Crippen LogP contribution in [0.3, 0.4) is 0 Å². The molecule has 136 valence electrons. The number of carbonyl (C=O) groups excluding carboxylic acids is 2. The molecule has 1 fully saturated rings. The van der Waals surface area contributed by atoms with Crippen LogP contribution in [0, 0.1) is 0 Å². The number of hydrogen-bond acceptors (Lipinski definition) is 3. The lowest BCUT2D eigenvalue weighted by Gasteiger charge is -2.15. The first-order valence-corrected chi connectivity index (χ1v) is 7.50. The molecule has 1 aliphatic heterocycles. The highest BCUT2D eigenvalue weighted by Gasteiger charge is 2.30. The topological polar surface area (TPSA) is 85.8 Å². The number of benzene rings is 1. The van der Waals surface area contributed by atoms with Gasteiger partial charge in [0.25, 0.3) is 0 Å². The van der Waals surface area contributed by atoms with E-state index in [2.05, 4.69) is 20.9 Å². The summed E-state index contributed by atoms with van der Waals surface area (Å²) in [5.74, 6) is 0.117. The first-order chi connectivity index (χ1) is 11.8. The van der Waals surface area contributed by atoms with Crippen molar-refractivity contribution in [1.82, 2.24) is 20.9 Å². The second kappa shape index (κ2) is 7.86. The van der Waals surface area contributed by atoms with E-state index in [9.17, 15) is 22.8 Å². The van der Waals surface area contributed by atoms with Gasteiger partial charge in [0.2, 0.25) is 5.91 Å². The molecule has 0 aliphatic carbocycles. The zero-order valence-electron chi connectivity index (χ0n) is 13.5. The minimum atomic E-state index is -4.36. The fourth-order valence-corrected chi connectivity index (χ4v) is 2.19. The Balaban J connectivity index is 1.78. The maximum absolute atomic E-state index is 12.5. The molecule has 1 saturated heterocycles. The number of carbonyl (C=O) groups is 2. The van der Waals surface area contributed by atoms with Crippen LogP contribution in [0.2, 0.25) is 0 Å². The van der Waals surface area contributed by atoms with E-state index < -0.39 is 17.8 Å². The van der Waals surface area contributed by atoms with E-state index in [1.165, 1.54) is 19.2 Å². The number of rotatable bonds is 5. The van der Waals surface area contributed by atoms with E-state index in [1.54, 1.807) is 0 Å². The Bertz CT molecular complexity index is 642. The van der Waals surface area contributed by atoms with Gasteiger partial charge in [0.1, 0.15) is 0 Å². The van der Waals surface area contributed by atoms with Gasteiger partial charge in [0.05, 0.1) is 12.1 Å². The van der Waals surface area contributed by atoms with E-state index in [0.29, 0.717) is 18.1 Å². The molecule has 10 heteroatoms. The summed E-state index contributed by atoms with van der Waals surface area (Å²) in [5.41, 5.74) is -0.0441. The minimum Gasteiger partial charge on any atom is -0.355 e. The van der Waals surface area contributed by atoms with Gasteiger partial charge in [-0.05, 0) is 17.7 Å². The number of nitrogens with one attached hydrogen (secondary N) is 3. The highest BCUT2D eigenvalue weighted by atomic mass is 19.4. The van der Waals surface area contributed by atoms with Crippen LogP contribution in [-0.4, -0.2) is 49.5 Å². The Morgan fingerprint density at radius 2 is 1.92 bits per heavy atom. The van der Waals surface area contributed by atoms with Gasteiger partial charge in [-0.3, -0.25) is 14.7 Å². The molecule has 1 aliphatic rings. The van der Waals surface area contributed by atoms with E-state index in [-0.39, 0.29) is 25.5 Å². The molecule has 3 amide bonds. The van der Waals surface area contributed by atoms with Crippen LogP contribution in [0.4, 0.5) is 18.0 Å². The molecular weight excluding hydrogens is 339 g/mol. The molecule has 3 N–H and O–H groups in total. The van der Waals surface area contributed by atoms with Crippen molar-refractivity contribution in [2.24, 2.45) is 4.99 Å². The summed E-state index contributed by atoms with van der Waals surface area (Å²) in [4.78, 5) is 27.9. The highest BCUT2D eigenvalue weighted by Crippen LogP contribution is 2.28. The largest absolute Gasteiger partial charge is 0.416 e. The molecule has 2 rings (SSSR count). The standard InChI is InChI=1S/C15H18F3N5O2/c1-19-13(20-6-7-23-12(24)9-22-14(23)25)21-8-10-2-4-11(5-3-10)15(16,17)18/h2-5H,6-9H2,1H3,(H,22,25)(H2,19,20,21). The molecular formula is C15H18F3N5O2. The Morgan fingerprint density at radius 3 is 2.44 bits per heavy atom. The number of urea groups is 1. The molecule has 1 aromatic rings. The van der Waals surface area contributed by atoms with Gasteiger partial charge in [-0.1, -0.05) is 12.1 Å². The van der Waals surface area contributed by atoms with Crippen molar-refractivity contribution in [3.05, 3.63) is 35.4 Å². The van der Waals surface area contributed by atoms with Crippen LogP contribution in [-0.2, 0) is 17.5 Å². The molecule has 0 saturated carbocycles. The van der Waals surface area contributed by atoms with E-state index >= 15 is 0 Å². The van der Waals surface area contributed by atoms with Crippen molar-refractivity contribution in [3.8, 4) is 0 Å². The summed E-state index contributed by atoms with van der Waals surface area (Å²) >= 11 is 0. The Kier molecular flexibility index (Phi) is 5.84. The predicted octanol–water partition coefficient (Wildman–Crippen LogP) is 0.922. The van der Waals surface area contributed by atoms with Crippen LogP contribution < -0.4 is 16.0 Å². The van der Waals surface area contributed by atoms with Crippen LogP contribution in [0.1, 0.15) is 11.1 Å². The third-order valence-corrected chi connectivity index (χ3v) is 3.53. The van der Waals surface area contributed by atoms with Gasteiger partial charge in [-0.25, -0.2) is 4.79 Å². The number of amides is 3. The van der Waals surface area contributed by atoms with Gasteiger partial charge >= 0.3 is 12.2 Å². The van der Waals surface area contributed by atoms with Crippen molar-refractivity contribution >= 4 is 17.9 Å². The maximum Gasteiger partial charge on any atom is 0.416 e. The van der Waals surface area contributed by atoms with Crippen LogP contribution in [0.15, 0.2) is 29.3 Å². The summed E-state index contributed by atoms with van der Waals surface area (Å²) in [6.45, 7) is 0.762. The second-order valence-corrected chi connectivity index (χ2v) is 5.25. The van der Waals surface area contributed by atoms with Crippen molar-refractivity contribution in [1.29, 1.82) is 0 Å². The summed E-state index contributed by atoms with van der Waals surface area (Å²) in [6, 6.07) is 4.38. The Hall–Kier alpha value is -2.78. The third kappa shape index (κ3) is 5.10.